The average Bonchev–Trinajstić information content (AvgIpc) is 2.09. The van der Waals surface area contributed by atoms with Crippen molar-refractivity contribution in [2.45, 2.75) is 26.4 Å². The van der Waals surface area contributed by atoms with Crippen molar-refractivity contribution in [3.05, 3.63) is 24.3 Å². The molecule has 65 valence electrons. The Morgan fingerprint density at radius 1 is 1.42 bits per heavy atom. The van der Waals surface area contributed by atoms with Crippen LogP contribution in [0.25, 0.3) is 0 Å². The Kier molecular flexibility index (Phi) is 2.97. The highest BCUT2D eigenvalue weighted by molar-refractivity contribution is 5.37. The van der Waals surface area contributed by atoms with E-state index < -0.39 is 0 Å². The average molecular weight is 165 g/mol. The van der Waals surface area contributed by atoms with Gasteiger partial charge in [-0.2, -0.15) is 0 Å². The molecule has 0 fully saturated rings. The van der Waals surface area contributed by atoms with E-state index in [0.29, 0.717) is 5.75 Å². The van der Waals surface area contributed by atoms with Crippen molar-refractivity contribution in [3.63, 3.8) is 0 Å². The van der Waals surface area contributed by atoms with Crippen LogP contribution in [0.4, 0.5) is 0 Å². The van der Waals surface area contributed by atoms with Gasteiger partial charge < -0.3 is 4.74 Å². The van der Waals surface area contributed by atoms with Gasteiger partial charge in [0.2, 0.25) is 5.75 Å². The summed E-state index contributed by atoms with van der Waals surface area (Å²) in [6.07, 6.45) is 1.02. The Morgan fingerprint density at radius 2 is 2.08 bits per heavy atom. The first-order valence-electron chi connectivity index (χ1n) is 4.16. The molecular formula is C10H13O2. The summed E-state index contributed by atoms with van der Waals surface area (Å²) in [6.45, 7) is 3.98. The third-order valence-corrected chi connectivity index (χ3v) is 1.75. The zero-order chi connectivity index (χ0) is 8.97. The summed E-state index contributed by atoms with van der Waals surface area (Å²) >= 11 is 0. The van der Waals surface area contributed by atoms with Crippen LogP contribution >= 0.6 is 0 Å². The highest BCUT2D eigenvalue weighted by atomic mass is 16.5. The van der Waals surface area contributed by atoms with Crippen molar-refractivity contribution in [1.29, 1.82) is 0 Å². The molecule has 0 saturated heterocycles. The van der Waals surface area contributed by atoms with E-state index in [-0.39, 0.29) is 11.9 Å². The minimum Gasteiger partial charge on any atom is -0.487 e. The van der Waals surface area contributed by atoms with Crippen LogP contribution in [-0.2, 0) is 5.11 Å². The van der Waals surface area contributed by atoms with E-state index in [2.05, 4.69) is 0 Å². The molecule has 0 heterocycles. The summed E-state index contributed by atoms with van der Waals surface area (Å²) in [5, 5.41) is 11.1. The number of hydrogen-bond donors (Lipinski definition) is 0. The van der Waals surface area contributed by atoms with Crippen LogP contribution < -0.4 is 4.74 Å². The SMILES string of the molecule is CCC(C)Oc1ccccc1[O]. The highest BCUT2D eigenvalue weighted by Gasteiger charge is 2.05. The van der Waals surface area contributed by atoms with Crippen molar-refractivity contribution < 1.29 is 9.84 Å². The molecule has 2 nitrogen and oxygen atoms in total. The second-order valence-corrected chi connectivity index (χ2v) is 2.78. The van der Waals surface area contributed by atoms with Crippen molar-refractivity contribution in [3.8, 4) is 11.5 Å². The van der Waals surface area contributed by atoms with Gasteiger partial charge in [-0.25, -0.2) is 0 Å². The highest BCUT2D eigenvalue weighted by Crippen LogP contribution is 2.26. The maximum absolute atomic E-state index is 11.1. The molecule has 0 saturated carbocycles. The van der Waals surface area contributed by atoms with Crippen molar-refractivity contribution in [2.75, 3.05) is 0 Å². The summed E-state index contributed by atoms with van der Waals surface area (Å²) in [7, 11) is 0. The second kappa shape index (κ2) is 4.00. The largest absolute Gasteiger partial charge is 0.487 e. The van der Waals surface area contributed by atoms with Crippen LogP contribution in [0, 0.1) is 0 Å². The molecule has 12 heavy (non-hydrogen) atoms. The molecule has 1 aromatic carbocycles. The van der Waals surface area contributed by atoms with Crippen molar-refractivity contribution >= 4 is 0 Å². The first kappa shape index (κ1) is 8.91. The van der Waals surface area contributed by atoms with E-state index in [0.717, 1.165) is 6.42 Å². The fraction of sp³-hybridized carbons (Fsp3) is 0.400. The normalized spacial score (nSPS) is 12.5. The minimum atomic E-state index is -0.0437. The Morgan fingerprint density at radius 3 is 2.67 bits per heavy atom. The Hall–Kier alpha value is -1.18. The molecule has 0 aliphatic heterocycles. The molecular weight excluding hydrogens is 152 g/mol. The molecule has 0 bridgehead atoms. The van der Waals surface area contributed by atoms with E-state index in [9.17, 15) is 5.11 Å². The standard InChI is InChI=1S/C10H13O2/c1-3-8(2)12-10-7-5-4-6-9(10)11/h4-8H,3H2,1-2H3. The summed E-state index contributed by atoms with van der Waals surface area (Å²) in [5.41, 5.74) is 0. The van der Waals surface area contributed by atoms with Crippen LogP contribution in [0.2, 0.25) is 0 Å². The van der Waals surface area contributed by atoms with E-state index in [4.69, 9.17) is 4.74 Å². The quantitative estimate of drug-likeness (QED) is 0.676. The lowest BCUT2D eigenvalue weighted by Gasteiger charge is -2.11. The Balaban J connectivity index is 2.69. The van der Waals surface area contributed by atoms with Crippen molar-refractivity contribution in [1.82, 2.24) is 0 Å². The lowest BCUT2D eigenvalue weighted by atomic mass is 10.3. The monoisotopic (exact) mass is 165 g/mol. The summed E-state index contributed by atoms with van der Waals surface area (Å²) in [4.78, 5) is 0. The Bertz CT molecular complexity index is 245. The van der Waals surface area contributed by atoms with E-state index in [1.807, 2.05) is 13.8 Å². The predicted molar refractivity (Wildman–Crippen MR) is 47.0 cm³/mol. The molecule has 0 aromatic heterocycles. The molecule has 0 aliphatic carbocycles. The zero-order valence-electron chi connectivity index (χ0n) is 7.41. The van der Waals surface area contributed by atoms with E-state index in [1.165, 1.54) is 6.07 Å². The molecule has 0 N–H and O–H groups in total. The number of benzene rings is 1. The summed E-state index contributed by atoms with van der Waals surface area (Å²) in [5.74, 6) is 0.407. The maximum Gasteiger partial charge on any atom is 0.220 e. The third kappa shape index (κ3) is 2.16. The fourth-order valence-electron chi connectivity index (χ4n) is 0.848. The molecule has 1 radical (unpaired) electrons. The molecule has 1 unspecified atom stereocenters. The summed E-state index contributed by atoms with van der Waals surface area (Å²) in [6, 6.07) is 6.73. The van der Waals surface area contributed by atoms with Gasteiger partial charge in [0.25, 0.3) is 0 Å². The first-order valence-corrected chi connectivity index (χ1v) is 4.16. The van der Waals surface area contributed by atoms with E-state index >= 15 is 0 Å². The number of hydrogen-bond acceptors (Lipinski definition) is 1. The zero-order valence-corrected chi connectivity index (χ0v) is 7.41. The molecule has 2 heteroatoms. The van der Waals surface area contributed by atoms with Gasteiger partial charge in [0.05, 0.1) is 6.10 Å². The molecule has 0 amide bonds. The van der Waals surface area contributed by atoms with Gasteiger partial charge >= 0.3 is 0 Å². The predicted octanol–water partition coefficient (Wildman–Crippen LogP) is 3.01. The lowest BCUT2D eigenvalue weighted by molar-refractivity contribution is 0.201. The smallest absolute Gasteiger partial charge is 0.220 e. The van der Waals surface area contributed by atoms with Gasteiger partial charge in [-0.15, -0.1) is 0 Å². The number of ether oxygens (including phenoxy) is 1. The third-order valence-electron chi connectivity index (χ3n) is 1.75. The second-order valence-electron chi connectivity index (χ2n) is 2.78. The van der Waals surface area contributed by atoms with Gasteiger partial charge in [0.1, 0.15) is 0 Å². The van der Waals surface area contributed by atoms with Crippen LogP contribution in [0.1, 0.15) is 20.3 Å². The molecule has 1 atom stereocenters. The molecule has 1 rings (SSSR count). The Labute approximate surface area is 72.8 Å². The number of para-hydroxylation sites is 2. The molecule has 1 aromatic rings. The van der Waals surface area contributed by atoms with Crippen LogP contribution in [0.5, 0.6) is 11.5 Å². The molecule has 0 aliphatic rings. The topological polar surface area (TPSA) is 29.1 Å². The van der Waals surface area contributed by atoms with Gasteiger partial charge in [-0.1, -0.05) is 19.1 Å². The first-order chi connectivity index (χ1) is 5.74. The van der Waals surface area contributed by atoms with Crippen molar-refractivity contribution in [2.24, 2.45) is 0 Å². The molecule has 0 spiro atoms. The number of rotatable bonds is 3. The van der Waals surface area contributed by atoms with Gasteiger partial charge in [-0.05, 0) is 25.5 Å². The van der Waals surface area contributed by atoms with Gasteiger partial charge in [0.15, 0.2) is 5.75 Å². The maximum atomic E-state index is 11.1. The van der Waals surface area contributed by atoms with Crippen LogP contribution in [0.15, 0.2) is 24.3 Å². The van der Waals surface area contributed by atoms with Gasteiger partial charge in [-0.3, -0.25) is 5.11 Å². The van der Waals surface area contributed by atoms with E-state index in [1.54, 1.807) is 18.2 Å². The van der Waals surface area contributed by atoms with Crippen LogP contribution in [0.3, 0.4) is 0 Å². The van der Waals surface area contributed by atoms with Crippen LogP contribution in [-0.4, -0.2) is 6.10 Å². The minimum absolute atomic E-state index is 0.0437. The lowest BCUT2D eigenvalue weighted by Crippen LogP contribution is -2.09. The summed E-state index contributed by atoms with van der Waals surface area (Å²) < 4.78 is 5.38. The fourth-order valence-corrected chi connectivity index (χ4v) is 0.848. The van der Waals surface area contributed by atoms with Gasteiger partial charge in [0, 0.05) is 0 Å².